The third-order valence-corrected chi connectivity index (χ3v) is 3.92. The van der Waals surface area contributed by atoms with Crippen molar-refractivity contribution in [1.82, 2.24) is 4.90 Å². The number of likely N-dealkylation sites (N-methyl/N-ethyl adjacent to an activating group) is 1. The molecule has 1 aromatic rings. The molecule has 0 aromatic heterocycles. The number of halogens is 3. The number of amides is 1. The smallest absolute Gasteiger partial charge is 0.345 e. The van der Waals surface area contributed by atoms with Crippen LogP contribution in [0.1, 0.15) is 36.0 Å². The first-order chi connectivity index (χ1) is 9.85. The molecule has 0 bridgehead atoms. The standard InChI is InChI=1S/C16H20F3NO/c1-20(9-8-16(17,18)19)15(21)11-12-6-7-13-4-2-3-5-14(13)10-12/h6-7,10H,2-5,8-9,11H2,1H3. The van der Waals surface area contributed by atoms with E-state index in [0.717, 1.165) is 29.7 Å². The predicted octanol–water partition coefficient (Wildman–Crippen LogP) is 3.52. The molecule has 0 aliphatic heterocycles. The Morgan fingerprint density at radius 3 is 2.52 bits per heavy atom. The first kappa shape index (κ1) is 15.9. The minimum atomic E-state index is -4.22. The molecule has 0 spiro atoms. The van der Waals surface area contributed by atoms with Crippen molar-refractivity contribution in [3.63, 3.8) is 0 Å². The summed E-state index contributed by atoms with van der Waals surface area (Å²) in [5.41, 5.74) is 3.51. The zero-order valence-electron chi connectivity index (χ0n) is 12.2. The van der Waals surface area contributed by atoms with Gasteiger partial charge in [-0.25, -0.2) is 0 Å². The molecule has 2 rings (SSSR count). The van der Waals surface area contributed by atoms with Crippen LogP contribution in [0.2, 0.25) is 0 Å². The SMILES string of the molecule is CN(CCC(F)(F)F)C(=O)Cc1ccc2c(c1)CCCC2. The van der Waals surface area contributed by atoms with Crippen molar-refractivity contribution in [2.45, 2.75) is 44.7 Å². The Bertz CT molecular complexity index is 511. The van der Waals surface area contributed by atoms with Gasteiger partial charge >= 0.3 is 6.18 Å². The van der Waals surface area contributed by atoms with Gasteiger partial charge < -0.3 is 4.90 Å². The maximum Gasteiger partial charge on any atom is 0.390 e. The molecule has 0 N–H and O–H groups in total. The van der Waals surface area contributed by atoms with Crippen LogP contribution < -0.4 is 0 Å². The molecule has 0 atom stereocenters. The van der Waals surface area contributed by atoms with Crippen LogP contribution in [0.25, 0.3) is 0 Å². The molecule has 0 saturated heterocycles. The van der Waals surface area contributed by atoms with E-state index in [1.165, 1.54) is 24.6 Å². The van der Waals surface area contributed by atoms with Crippen LogP contribution in [0.15, 0.2) is 18.2 Å². The Morgan fingerprint density at radius 1 is 1.19 bits per heavy atom. The first-order valence-electron chi connectivity index (χ1n) is 7.26. The van der Waals surface area contributed by atoms with Crippen molar-refractivity contribution in [2.75, 3.05) is 13.6 Å². The third kappa shape index (κ3) is 4.76. The highest BCUT2D eigenvalue weighted by molar-refractivity contribution is 5.78. The molecule has 1 aliphatic carbocycles. The van der Waals surface area contributed by atoms with Crippen molar-refractivity contribution >= 4 is 5.91 Å². The molecule has 0 saturated carbocycles. The number of aryl methyl sites for hydroxylation is 2. The normalized spacial score (nSPS) is 14.7. The van der Waals surface area contributed by atoms with Crippen molar-refractivity contribution in [3.8, 4) is 0 Å². The number of alkyl halides is 3. The van der Waals surface area contributed by atoms with E-state index in [1.807, 2.05) is 18.2 Å². The van der Waals surface area contributed by atoms with Crippen molar-refractivity contribution in [1.29, 1.82) is 0 Å². The summed E-state index contributed by atoms with van der Waals surface area (Å²) in [6.07, 6.45) is -0.543. The highest BCUT2D eigenvalue weighted by atomic mass is 19.4. The van der Waals surface area contributed by atoms with Gasteiger partial charge in [-0.3, -0.25) is 4.79 Å². The largest absolute Gasteiger partial charge is 0.390 e. The van der Waals surface area contributed by atoms with E-state index in [1.54, 1.807) is 0 Å². The van der Waals surface area contributed by atoms with Crippen LogP contribution >= 0.6 is 0 Å². The molecule has 116 valence electrons. The van der Waals surface area contributed by atoms with Gasteiger partial charge in [0.05, 0.1) is 12.8 Å². The topological polar surface area (TPSA) is 20.3 Å². The summed E-state index contributed by atoms with van der Waals surface area (Å²) < 4.78 is 36.5. The van der Waals surface area contributed by atoms with Gasteiger partial charge in [0.2, 0.25) is 5.91 Å². The van der Waals surface area contributed by atoms with Gasteiger partial charge in [-0.15, -0.1) is 0 Å². The summed E-state index contributed by atoms with van der Waals surface area (Å²) in [4.78, 5) is 13.1. The van der Waals surface area contributed by atoms with Gasteiger partial charge in [-0.1, -0.05) is 18.2 Å². The van der Waals surface area contributed by atoms with Gasteiger partial charge in [0, 0.05) is 13.6 Å². The Kier molecular flexibility index (Phi) is 4.91. The zero-order chi connectivity index (χ0) is 15.5. The van der Waals surface area contributed by atoms with E-state index in [2.05, 4.69) is 0 Å². The summed E-state index contributed by atoms with van der Waals surface area (Å²) in [7, 11) is 1.42. The van der Waals surface area contributed by atoms with E-state index in [-0.39, 0.29) is 18.9 Å². The average molecular weight is 299 g/mol. The molecule has 0 radical (unpaired) electrons. The molecular formula is C16H20F3NO. The molecule has 1 aliphatic rings. The Morgan fingerprint density at radius 2 is 1.86 bits per heavy atom. The number of carbonyl (C=O) groups excluding carboxylic acids is 1. The molecule has 0 heterocycles. The fourth-order valence-electron chi connectivity index (χ4n) is 2.63. The summed E-state index contributed by atoms with van der Waals surface area (Å²) in [6.45, 7) is -0.284. The van der Waals surface area contributed by atoms with Crippen LogP contribution in [0.5, 0.6) is 0 Å². The van der Waals surface area contributed by atoms with E-state index >= 15 is 0 Å². The fraction of sp³-hybridized carbons (Fsp3) is 0.562. The number of benzene rings is 1. The highest BCUT2D eigenvalue weighted by Crippen LogP contribution is 2.23. The van der Waals surface area contributed by atoms with Crippen LogP contribution in [0.3, 0.4) is 0 Å². The molecule has 5 heteroatoms. The van der Waals surface area contributed by atoms with E-state index in [4.69, 9.17) is 0 Å². The molecule has 2 nitrogen and oxygen atoms in total. The molecule has 0 unspecified atom stereocenters. The lowest BCUT2D eigenvalue weighted by atomic mass is 9.90. The summed E-state index contributed by atoms with van der Waals surface area (Å²) >= 11 is 0. The predicted molar refractivity (Wildman–Crippen MR) is 75.1 cm³/mol. The maximum atomic E-state index is 12.2. The molecule has 0 fully saturated rings. The van der Waals surface area contributed by atoms with Gasteiger partial charge in [-0.2, -0.15) is 13.2 Å². The number of rotatable bonds is 4. The lowest BCUT2D eigenvalue weighted by molar-refractivity contribution is -0.143. The minimum Gasteiger partial charge on any atom is -0.345 e. The second-order valence-corrected chi connectivity index (χ2v) is 5.67. The number of fused-ring (bicyclic) bond motifs is 1. The number of hydrogen-bond donors (Lipinski definition) is 0. The molecule has 1 amide bonds. The van der Waals surface area contributed by atoms with Gasteiger partial charge in [0.1, 0.15) is 0 Å². The fourth-order valence-corrected chi connectivity index (χ4v) is 2.63. The first-order valence-corrected chi connectivity index (χ1v) is 7.26. The monoisotopic (exact) mass is 299 g/mol. The zero-order valence-corrected chi connectivity index (χ0v) is 12.2. The van der Waals surface area contributed by atoms with Crippen LogP contribution in [0.4, 0.5) is 13.2 Å². The number of nitrogens with zero attached hydrogens (tertiary/aromatic N) is 1. The molecule has 1 aromatic carbocycles. The second-order valence-electron chi connectivity index (χ2n) is 5.67. The van der Waals surface area contributed by atoms with Gasteiger partial charge in [-0.05, 0) is 42.4 Å². The Hall–Kier alpha value is -1.52. The molecule has 21 heavy (non-hydrogen) atoms. The highest BCUT2D eigenvalue weighted by Gasteiger charge is 2.28. The number of carbonyl (C=O) groups is 1. The lowest BCUT2D eigenvalue weighted by Gasteiger charge is -2.20. The third-order valence-electron chi connectivity index (χ3n) is 3.92. The van der Waals surface area contributed by atoms with Crippen molar-refractivity contribution in [2.24, 2.45) is 0 Å². The van der Waals surface area contributed by atoms with E-state index in [9.17, 15) is 18.0 Å². The Balaban J connectivity index is 1.93. The average Bonchev–Trinajstić information content (AvgIpc) is 2.43. The summed E-state index contributed by atoms with van der Waals surface area (Å²) in [5.74, 6) is -0.269. The minimum absolute atomic E-state index is 0.168. The Labute approximate surface area is 122 Å². The lowest BCUT2D eigenvalue weighted by Crippen LogP contribution is -2.31. The maximum absolute atomic E-state index is 12.2. The van der Waals surface area contributed by atoms with Gasteiger partial charge in [0.25, 0.3) is 0 Å². The molecular weight excluding hydrogens is 279 g/mol. The summed E-state index contributed by atoms with van der Waals surface area (Å²) in [6, 6.07) is 6.00. The van der Waals surface area contributed by atoms with Crippen molar-refractivity contribution in [3.05, 3.63) is 34.9 Å². The van der Waals surface area contributed by atoms with Crippen molar-refractivity contribution < 1.29 is 18.0 Å². The second kappa shape index (κ2) is 6.50. The van der Waals surface area contributed by atoms with Crippen LogP contribution in [0, 0.1) is 0 Å². The van der Waals surface area contributed by atoms with E-state index in [0.29, 0.717) is 0 Å². The van der Waals surface area contributed by atoms with Crippen LogP contribution in [-0.4, -0.2) is 30.6 Å². The summed E-state index contributed by atoms with van der Waals surface area (Å²) in [5, 5.41) is 0. The number of hydrogen-bond acceptors (Lipinski definition) is 1. The van der Waals surface area contributed by atoms with Gasteiger partial charge in [0.15, 0.2) is 0 Å². The quantitative estimate of drug-likeness (QED) is 0.833. The van der Waals surface area contributed by atoms with E-state index < -0.39 is 12.6 Å². The van der Waals surface area contributed by atoms with Crippen LogP contribution in [-0.2, 0) is 24.1 Å².